The topological polar surface area (TPSA) is 60.5 Å². The molecule has 1 aliphatic carbocycles. The van der Waals surface area contributed by atoms with Gasteiger partial charge < -0.3 is 14.6 Å². The standard InChI is InChI=1S/C15H21BN2O3/c1-14(2)15(3,4)21-16(20-14)12-7-8-17-9-11(12)13(19)18-10-5-6-10/h7-10H,5-6H2,1-4H3,(H,18,19). The van der Waals surface area contributed by atoms with Gasteiger partial charge in [-0.2, -0.15) is 0 Å². The monoisotopic (exact) mass is 288 g/mol. The molecule has 2 aliphatic rings. The molecule has 3 rings (SSSR count). The molecule has 0 atom stereocenters. The van der Waals surface area contributed by atoms with Crippen molar-refractivity contribution in [2.24, 2.45) is 0 Å². The molecule has 1 aromatic heterocycles. The van der Waals surface area contributed by atoms with E-state index in [1.165, 1.54) is 0 Å². The van der Waals surface area contributed by atoms with Gasteiger partial charge in [0.05, 0.1) is 16.8 Å². The third kappa shape index (κ3) is 2.70. The van der Waals surface area contributed by atoms with Crippen LogP contribution in [0.15, 0.2) is 18.5 Å². The first-order valence-corrected chi connectivity index (χ1v) is 7.40. The Kier molecular flexibility index (Phi) is 3.33. The predicted molar refractivity (Wildman–Crippen MR) is 80.4 cm³/mol. The average Bonchev–Trinajstić information content (AvgIpc) is 3.17. The summed E-state index contributed by atoms with van der Waals surface area (Å²) >= 11 is 0. The molecule has 1 saturated carbocycles. The molecule has 0 aromatic carbocycles. The second kappa shape index (κ2) is 4.82. The zero-order valence-electron chi connectivity index (χ0n) is 13.0. The van der Waals surface area contributed by atoms with Gasteiger partial charge in [0, 0.05) is 18.4 Å². The normalized spacial score (nSPS) is 23.1. The van der Waals surface area contributed by atoms with Crippen molar-refractivity contribution in [2.45, 2.75) is 57.8 Å². The largest absolute Gasteiger partial charge is 0.495 e. The smallest absolute Gasteiger partial charge is 0.399 e. The van der Waals surface area contributed by atoms with Gasteiger partial charge in [-0.05, 0) is 52.1 Å². The van der Waals surface area contributed by atoms with Gasteiger partial charge in [0.15, 0.2) is 0 Å². The van der Waals surface area contributed by atoms with Crippen molar-refractivity contribution in [1.82, 2.24) is 10.3 Å². The van der Waals surface area contributed by atoms with Crippen LogP contribution in [0.25, 0.3) is 0 Å². The molecule has 112 valence electrons. The number of aromatic nitrogens is 1. The highest BCUT2D eigenvalue weighted by Crippen LogP contribution is 2.36. The van der Waals surface area contributed by atoms with E-state index in [2.05, 4.69) is 10.3 Å². The number of pyridine rings is 1. The fourth-order valence-electron chi connectivity index (χ4n) is 2.26. The van der Waals surface area contributed by atoms with Crippen molar-refractivity contribution >= 4 is 18.5 Å². The maximum Gasteiger partial charge on any atom is 0.495 e. The molecule has 0 bridgehead atoms. The lowest BCUT2D eigenvalue weighted by Gasteiger charge is -2.32. The van der Waals surface area contributed by atoms with Crippen molar-refractivity contribution in [3.05, 3.63) is 24.0 Å². The van der Waals surface area contributed by atoms with Gasteiger partial charge >= 0.3 is 7.12 Å². The number of nitrogens with one attached hydrogen (secondary N) is 1. The van der Waals surface area contributed by atoms with E-state index in [4.69, 9.17) is 9.31 Å². The molecule has 1 N–H and O–H groups in total. The fourth-order valence-corrected chi connectivity index (χ4v) is 2.26. The summed E-state index contributed by atoms with van der Waals surface area (Å²) in [6.07, 6.45) is 5.35. The number of carbonyl (C=O) groups excluding carboxylic acids is 1. The van der Waals surface area contributed by atoms with Gasteiger partial charge in [-0.3, -0.25) is 9.78 Å². The Morgan fingerprint density at radius 1 is 1.29 bits per heavy atom. The van der Waals surface area contributed by atoms with E-state index in [9.17, 15) is 4.79 Å². The Balaban J connectivity index is 1.87. The maximum atomic E-state index is 12.3. The summed E-state index contributed by atoms with van der Waals surface area (Å²) in [6.45, 7) is 7.99. The lowest BCUT2D eigenvalue weighted by Crippen LogP contribution is -2.41. The number of hydrogen-bond acceptors (Lipinski definition) is 4. The Bertz CT molecular complexity index is 554. The lowest BCUT2D eigenvalue weighted by atomic mass is 9.76. The molecular weight excluding hydrogens is 267 g/mol. The Labute approximate surface area is 125 Å². The van der Waals surface area contributed by atoms with Crippen molar-refractivity contribution < 1.29 is 14.1 Å². The summed E-state index contributed by atoms with van der Waals surface area (Å²) in [6, 6.07) is 2.10. The summed E-state index contributed by atoms with van der Waals surface area (Å²) in [5.74, 6) is -0.102. The molecule has 0 spiro atoms. The number of hydrogen-bond donors (Lipinski definition) is 1. The minimum Gasteiger partial charge on any atom is -0.399 e. The Morgan fingerprint density at radius 3 is 2.48 bits per heavy atom. The van der Waals surface area contributed by atoms with Crippen molar-refractivity contribution in [2.75, 3.05) is 0 Å². The van der Waals surface area contributed by atoms with E-state index < -0.39 is 18.3 Å². The first-order valence-electron chi connectivity index (χ1n) is 7.40. The van der Waals surface area contributed by atoms with Gasteiger partial charge in [0.25, 0.3) is 5.91 Å². The Hall–Kier alpha value is -1.40. The molecule has 0 radical (unpaired) electrons. The van der Waals surface area contributed by atoms with Crippen LogP contribution in [0.3, 0.4) is 0 Å². The van der Waals surface area contributed by atoms with Crippen molar-refractivity contribution in [3.8, 4) is 0 Å². The molecule has 1 aromatic rings. The molecule has 1 aliphatic heterocycles. The quantitative estimate of drug-likeness (QED) is 0.851. The third-order valence-corrected chi connectivity index (χ3v) is 4.52. The van der Waals surface area contributed by atoms with Crippen LogP contribution in [-0.4, -0.2) is 35.3 Å². The molecule has 2 heterocycles. The molecule has 21 heavy (non-hydrogen) atoms. The number of amides is 1. The predicted octanol–water partition coefficient (Wildman–Crippen LogP) is 1.27. The first-order chi connectivity index (χ1) is 9.80. The van der Waals surface area contributed by atoms with Crippen LogP contribution in [0.4, 0.5) is 0 Å². The molecule has 2 fully saturated rings. The van der Waals surface area contributed by atoms with Gasteiger partial charge in [-0.15, -0.1) is 0 Å². The van der Waals surface area contributed by atoms with Crippen molar-refractivity contribution in [1.29, 1.82) is 0 Å². The second-order valence-corrected chi connectivity index (χ2v) is 6.80. The van der Waals surface area contributed by atoms with Crippen LogP contribution in [0, 0.1) is 0 Å². The zero-order chi connectivity index (χ0) is 15.3. The summed E-state index contributed by atoms with van der Waals surface area (Å²) in [5.41, 5.74) is 0.417. The highest BCUT2D eigenvalue weighted by Gasteiger charge is 2.52. The third-order valence-electron chi connectivity index (χ3n) is 4.52. The lowest BCUT2D eigenvalue weighted by molar-refractivity contribution is 0.00578. The number of nitrogens with zero attached hydrogens (tertiary/aromatic N) is 1. The highest BCUT2D eigenvalue weighted by molar-refractivity contribution is 6.63. The molecule has 1 amide bonds. The molecular formula is C15H21BN2O3. The molecule has 6 heteroatoms. The van der Waals surface area contributed by atoms with E-state index in [0.717, 1.165) is 18.3 Å². The number of carbonyl (C=O) groups is 1. The molecule has 1 saturated heterocycles. The maximum absolute atomic E-state index is 12.3. The van der Waals surface area contributed by atoms with Gasteiger partial charge in [0.1, 0.15) is 0 Å². The van der Waals surface area contributed by atoms with Crippen LogP contribution >= 0.6 is 0 Å². The summed E-state index contributed by atoms with van der Waals surface area (Å²) < 4.78 is 12.1. The van der Waals surface area contributed by atoms with Crippen LogP contribution in [0.5, 0.6) is 0 Å². The molecule has 0 unspecified atom stereocenters. The van der Waals surface area contributed by atoms with Crippen LogP contribution in [-0.2, 0) is 9.31 Å². The Morgan fingerprint density at radius 2 is 1.90 bits per heavy atom. The fraction of sp³-hybridized carbons (Fsp3) is 0.600. The zero-order valence-corrected chi connectivity index (χ0v) is 13.0. The first kappa shape index (κ1) is 14.5. The summed E-state index contributed by atoms with van der Waals surface area (Å²) in [4.78, 5) is 16.4. The summed E-state index contributed by atoms with van der Waals surface area (Å²) in [7, 11) is -0.544. The number of rotatable bonds is 3. The van der Waals surface area contributed by atoms with Crippen molar-refractivity contribution in [3.63, 3.8) is 0 Å². The average molecular weight is 288 g/mol. The van der Waals surface area contributed by atoms with Gasteiger partial charge in [0.2, 0.25) is 0 Å². The van der Waals surface area contributed by atoms with E-state index in [-0.39, 0.29) is 5.91 Å². The molecule has 5 nitrogen and oxygen atoms in total. The second-order valence-electron chi connectivity index (χ2n) is 6.80. The van der Waals surface area contributed by atoms with E-state index >= 15 is 0 Å². The van der Waals surface area contributed by atoms with Crippen LogP contribution in [0.2, 0.25) is 0 Å². The van der Waals surface area contributed by atoms with E-state index in [1.807, 2.05) is 27.7 Å². The minimum absolute atomic E-state index is 0.102. The SMILES string of the molecule is CC1(C)OB(c2ccncc2C(=O)NC2CC2)OC1(C)C. The van der Waals surface area contributed by atoms with E-state index in [0.29, 0.717) is 11.6 Å². The van der Waals surface area contributed by atoms with Gasteiger partial charge in [-0.1, -0.05) is 0 Å². The van der Waals surface area contributed by atoms with Crippen LogP contribution < -0.4 is 10.8 Å². The van der Waals surface area contributed by atoms with Crippen LogP contribution in [0.1, 0.15) is 50.9 Å². The highest BCUT2D eigenvalue weighted by atomic mass is 16.7. The minimum atomic E-state index is -0.544. The van der Waals surface area contributed by atoms with Gasteiger partial charge in [-0.25, -0.2) is 0 Å². The van der Waals surface area contributed by atoms with E-state index in [1.54, 1.807) is 18.5 Å². The summed E-state index contributed by atoms with van der Waals surface area (Å²) in [5, 5.41) is 2.99.